The van der Waals surface area contributed by atoms with Crippen LogP contribution in [0.3, 0.4) is 0 Å². The van der Waals surface area contributed by atoms with Crippen LogP contribution in [-0.2, 0) is 0 Å². The fourth-order valence-electron chi connectivity index (χ4n) is 3.21. The van der Waals surface area contributed by atoms with Gasteiger partial charge in [0.25, 0.3) is 0 Å². The first kappa shape index (κ1) is 11.2. The Morgan fingerprint density at radius 1 is 1.13 bits per heavy atom. The van der Waals surface area contributed by atoms with Crippen molar-refractivity contribution in [1.82, 2.24) is 4.90 Å². The number of hydrogen-bond donors (Lipinski definition) is 1. The normalized spacial score (nSPS) is 42.3. The lowest BCUT2D eigenvalue weighted by Gasteiger charge is -2.36. The molecule has 15 heavy (non-hydrogen) atoms. The minimum Gasteiger partial charge on any atom is -0.324 e. The zero-order valence-electron chi connectivity index (χ0n) is 10.0. The predicted molar refractivity (Wildman–Crippen MR) is 64.6 cm³/mol. The molecule has 0 amide bonds. The number of nitrogens with zero attached hydrogens (tertiary/aromatic N) is 1. The second-order valence-corrected chi connectivity index (χ2v) is 5.71. The van der Waals surface area contributed by atoms with Crippen LogP contribution in [0.2, 0.25) is 0 Å². The third-order valence-corrected chi connectivity index (χ3v) is 3.64. The van der Waals surface area contributed by atoms with Crippen molar-refractivity contribution in [3.63, 3.8) is 0 Å². The van der Waals surface area contributed by atoms with E-state index in [1.807, 2.05) is 0 Å². The summed E-state index contributed by atoms with van der Waals surface area (Å²) in [5.74, 6) is 2.44. The summed E-state index contributed by atoms with van der Waals surface area (Å²) in [7, 11) is 0. The molecule has 0 aromatic rings. The van der Waals surface area contributed by atoms with Gasteiger partial charge in [-0.05, 0) is 30.6 Å². The van der Waals surface area contributed by atoms with Gasteiger partial charge in [-0.3, -0.25) is 0 Å². The standard InChI is InChI=1S/C13H24N2/c1-10-5-11(2)8-15(7-10)9-12-3-4-13(14)6-12/h3-4,10-13H,5-9,14H2,1-2H3. The third kappa shape index (κ3) is 3.05. The molecular weight excluding hydrogens is 184 g/mol. The molecule has 0 bridgehead atoms. The van der Waals surface area contributed by atoms with Crippen molar-refractivity contribution in [1.29, 1.82) is 0 Å². The summed E-state index contributed by atoms with van der Waals surface area (Å²) in [4.78, 5) is 2.63. The van der Waals surface area contributed by atoms with E-state index in [1.54, 1.807) is 0 Å². The van der Waals surface area contributed by atoms with Crippen LogP contribution in [0, 0.1) is 17.8 Å². The Kier molecular flexibility index (Phi) is 3.47. The van der Waals surface area contributed by atoms with Crippen molar-refractivity contribution in [2.45, 2.75) is 32.7 Å². The molecule has 1 heterocycles. The van der Waals surface area contributed by atoms with Gasteiger partial charge in [-0.25, -0.2) is 0 Å². The summed E-state index contributed by atoms with van der Waals surface area (Å²) in [6.07, 6.45) is 7.03. The van der Waals surface area contributed by atoms with Crippen LogP contribution in [0.15, 0.2) is 12.2 Å². The molecule has 0 spiro atoms. The van der Waals surface area contributed by atoms with Gasteiger partial charge >= 0.3 is 0 Å². The van der Waals surface area contributed by atoms with Gasteiger partial charge in [0, 0.05) is 25.7 Å². The molecule has 2 nitrogen and oxygen atoms in total. The molecule has 86 valence electrons. The highest BCUT2D eigenvalue weighted by atomic mass is 15.1. The van der Waals surface area contributed by atoms with Gasteiger partial charge in [-0.1, -0.05) is 26.0 Å². The van der Waals surface area contributed by atoms with E-state index >= 15 is 0 Å². The Bertz CT molecular complexity index is 227. The van der Waals surface area contributed by atoms with Crippen LogP contribution in [0.5, 0.6) is 0 Å². The minimum absolute atomic E-state index is 0.314. The summed E-state index contributed by atoms with van der Waals surface area (Å²) in [5.41, 5.74) is 5.88. The summed E-state index contributed by atoms with van der Waals surface area (Å²) < 4.78 is 0. The molecule has 2 heteroatoms. The van der Waals surface area contributed by atoms with Gasteiger partial charge in [-0.15, -0.1) is 0 Å². The van der Waals surface area contributed by atoms with E-state index in [-0.39, 0.29) is 0 Å². The maximum absolute atomic E-state index is 5.88. The van der Waals surface area contributed by atoms with Crippen LogP contribution >= 0.6 is 0 Å². The molecule has 1 aliphatic carbocycles. The van der Waals surface area contributed by atoms with E-state index in [4.69, 9.17) is 5.73 Å². The molecule has 1 aliphatic heterocycles. The van der Waals surface area contributed by atoms with Crippen molar-refractivity contribution >= 4 is 0 Å². The van der Waals surface area contributed by atoms with Gasteiger partial charge in [0.15, 0.2) is 0 Å². The van der Waals surface area contributed by atoms with Crippen molar-refractivity contribution in [2.75, 3.05) is 19.6 Å². The van der Waals surface area contributed by atoms with Gasteiger partial charge in [0.2, 0.25) is 0 Å². The van der Waals surface area contributed by atoms with Gasteiger partial charge in [0.1, 0.15) is 0 Å². The van der Waals surface area contributed by atoms with Crippen molar-refractivity contribution in [2.24, 2.45) is 23.5 Å². The van der Waals surface area contributed by atoms with Gasteiger partial charge in [-0.2, -0.15) is 0 Å². The quantitative estimate of drug-likeness (QED) is 0.702. The zero-order chi connectivity index (χ0) is 10.8. The average Bonchev–Trinajstić information content (AvgIpc) is 2.49. The van der Waals surface area contributed by atoms with E-state index in [0.717, 1.165) is 18.3 Å². The number of piperidine rings is 1. The average molecular weight is 208 g/mol. The maximum Gasteiger partial charge on any atom is 0.0229 e. The first-order valence-electron chi connectivity index (χ1n) is 6.29. The summed E-state index contributed by atoms with van der Waals surface area (Å²) in [6.45, 7) is 8.53. The van der Waals surface area contributed by atoms with Gasteiger partial charge < -0.3 is 10.6 Å². The molecule has 0 radical (unpaired) electrons. The SMILES string of the molecule is CC1CC(C)CN(CC2C=CC(N)C2)C1. The van der Waals surface area contributed by atoms with E-state index in [1.165, 1.54) is 26.1 Å². The Labute approximate surface area is 93.5 Å². The highest BCUT2D eigenvalue weighted by molar-refractivity contribution is 5.05. The molecular formula is C13H24N2. The monoisotopic (exact) mass is 208 g/mol. The molecule has 0 saturated carbocycles. The molecule has 0 aromatic carbocycles. The predicted octanol–water partition coefficient (Wildman–Crippen LogP) is 1.87. The lowest BCUT2D eigenvalue weighted by Crippen LogP contribution is -2.41. The molecule has 0 aromatic heterocycles. The fourth-order valence-corrected chi connectivity index (χ4v) is 3.21. The summed E-state index contributed by atoms with van der Waals surface area (Å²) in [6, 6.07) is 0.314. The van der Waals surface area contributed by atoms with Crippen LogP contribution in [-0.4, -0.2) is 30.6 Å². The Morgan fingerprint density at radius 3 is 2.33 bits per heavy atom. The number of hydrogen-bond acceptors (Lipinski definition) is 2. The molecule has 4 atom stereocenters. The van der Waals surface area contributed by atoms with Crippen LogP contribution < -0.4 is 5.73 Å². The molecule has 4 unspecified atom stereocenters. The lowest BCUT2D eigenvalue weighted by atomic mass is 9.91. The molecule has 1 saturated heterocycles. The summed E-state index contributed by atoms with van der Waals surface area (Å²) in [5, 5.41) is 0. The first-order chi connectivity index (χ1) is 7.13. The van der Waals surface area contributed by atoms with E-state index < -0.39 is 0 Å². The highest BCUT2D eigenvalue weighted by Gasteiger charge is 2.25. The zero-order valence-corrected chi connectivity index (χ0v) is 10.0. The highest BCUT2D eigenvalue weighted by Crippen LogP contribution is 2.24. The maximum atomic E-state index is 5.88. The third-order valence-electron chi connectivity index (χ3n) is 3.64. The molecule has 2 aliphatic rings. The van der Waals surface area contributed by atoms with Crippen molar-refractivity contribution in [3.05, 3.63) is 12.2 Å². The largest absolute Gasteiger partial charge is 0.324 e. The van der Waals surface area contributed by atoms with Crippen LogP contribution in [0.25, 0.3) is 0 Å². The van der Waals surface area contributed by atoms with Gasteiger partial charge in [0.05, 0.1) is 0 Å². The van der Waals surface area contributed by atoms with E-state index in [0.29, 0.717) is 12.0 Å². The smallest absolute Gasteiger partial charge is 0.0229 e. The fraction of sp³-hybridized carbons (Fsp3) is 0.846. The molecule has 1 fully saturated rings. The topological polar surface area (TPSA) is 29.3 Å². The van der Waals surface area contributed by atoms with Crippen molar-refractivity contribution in [3.8, 4) is 0 Å². The first-order valence-corrected chi connectivity index (χ1v) is 6.29. The number of nitrogens with two attached hydrogens (primary N) is 1. The molecule has 2 rings (SSSR count). The van der Waals surface area contributed by atoms with E-state index in [9.17, 15) is 0 Å². The van der Waals surface area contributed by atoms with Crippen LogP contribution in [0.4, 0.5) is 0 Å². The Hall–Kier alpha value is -0.340. The Morgan fingerprint density at radius 2 is 1.80 bits per heavy atom. The number of likely N-dealkylation sites (tertiary alicyclic amines) is 1. The second-order valence-electron chi connectivity index (χ2n) is 5.71. The minimum atomic E-state index is 0.314. The lowest BCUT2D eigenvalue weighted by molar-refractivity contribution is 0.128. The van der Waals surface area contributed by atoms with Crippen molar-refractivity contribution < 1.29 is 0 Å². The van der Waals surface area contributed by atoms with E-state index in [2.05, 4.69) is 30.9 Å². The number of rotatable bonds is 2. The summed E-state index contributed by atoms with van der Waals surface area (Å²) >= 11 is 0. The Balaban J connectivity index is 1.81. The molecule has 2 N–H and O–H groups in total. The van der Waals surface area contributed by atoms with Crippen LogP contribution in [0.1, 0.15) is 26.7 Å². The second kappa shape index (κ2) is 4.67.